The van der Waals surface area contributed by atoms with E-state index in [-0.39, 0.29) is 11.7 Å². The maximum absolute atomic E-state index is 14.1. The maximum Gasteiger partial charge on any atom is 0.222 e. The molecule has 7 heteroatoms. The SMILES string of the molecule is COc1ccc(CCC(=O)N2CCCN(c3ncnc4c(F)cccc34)CC2)cc1. The van der Waals surface area contributed by atoms with Crippen molar-refractivity contribution in [2.24, 2.45) is 0 Å². The van der Waals surface area contributed by atoms with Crippen molar-refractivity contribution in [1.29, 1.82) is 0 Å². The first-order valence-electron chi connectivity index (χ1n) is 10.2. The number of hydrogen-bond acceptors (Lipinski definition) is 5. The van der Waals surface area contributed by atoms with Crippen LogP contribution in [0.4, 0.5) is 10.2 Å². The first-order valence-corrected chi connectivity index (χ1v) is 10.2. The Morgan fingerprint density at radius 1 is 1.07 bits per heavy atom. The molecule has 0 spiro atoms. The zero-order valence-electron chi connectivity index (χ0n) is 17.1. The van der Waals surface area contributed by atoms with Gasteiger partial charge in [0.15, 0.2) is 0 Å². The molecule has 1 amide bonds. The van der Waals surface area contributed by atoms with Crippen molar-refractivity contribution < 1.29 is 13.9 Å². The van der Waals surface area contributed by atoms with Gasteiger partial charge in [-0.3, -0.25) is 4.79 Å². The van der Waals surface area contributed by atoms with Crippen LogP contribution in [0.25, 0.3) is 10.9 Å². The molecule has 1 aromatic heterocycles. The molecule has 1 aliphatic rings. The fraction of sp³-hybridized carbons (Fsp3) is 0.348. The van der Waals surface area contributed by atoms with Gasteiger partial charge in [0.25, 0.3) is 0 Å². The van der Waals surface area contributed by atoms with Crippen molar-refractivity contribution in [3.8, 4) is 5.75 Å². The Morgan fingerprint density at radius 2 is 1.90 bits per heavy atom. The molecule has 1 aliphatic heterocycles. The number of anilines is 1. The number of rotatable bonds is 5. The predicted octanol–water partition coefficient (Wildman–Crippen LogP) is 3.45. The molecule has 30 heavy (non-hydrogen) atoms. The molecule has 0 saturated carbocycles. The number of amides is 1. The number of halogens is 1. The number of methoxy groups -OCH3 is 1. The molecule has 6 nitrogen and oxygen atoms in total. The molecule has 2 heterocycles. The second-order valence-corrected chi connectivity index (χ2v) is 7.40. The van der Waals surface area contributed by atoms with Crippen LogP contribution in [-0.2, 0) is 11.2 Å². The average molecular weight is 408 g/mol. The lowest BCUT2D eigenvalue weighted by Crippen LogP contribution is -2.35. The molecule has 0 bridgehead atoms. The van der Waals surface area contributed by atoms with E-state index in [9.17, 15) is 9.18 Å². The number of ether oxygens (including phenoxy) is 1. The van der Waals surface area contributed by atoms with Crippen molar-refractivity contribution in [2.75, 3.05) is 38.2 Å². The normalized spacial score (nSPS) is 14.6. The summed E-state index contributed by atoms with van der Waals surface area (Å²) in [5.74, 6) is 1.36. The number of para-hydroxylation sites is 1. The van der Waals surface area contributed by atoms with Gasteiger partial charge in [0.1, 0.15) is 29.2 Å². The van der Waals surface area contributed by atoms with Crippen molar-refractivity contribution in [3.05, 3.63) is 60.2 Å². The summed E-state index contributed by atoms with van der Waals surface area (Å²) in [6.07, 6.45) is 3.44. The summed E-state index contributed by atoms with van der Waals surface area (Å²) in [6, 6.07) is 12.8. The van der Waals surface area contributed by atoms with Crippen LogP contribution in [0.15, 0.2) is 48.8 Å². The largest absolute Gasteiger partial charge is 0.497 e. The van der Waals surface area contributed by atoms with E-state index in [1.54, 1.807) is 13.2 Å². The first-order chi connectivity index (χ1) is 14.7. The third-order valence-electron chi connectivity index (χ3n) is 5.53. The number of nitrogens with zero attached hydrogens (tertiary/aromatic N) is 4. The van der Waals surface area contributed by atoms with Crippen LogP contribution in [0.5, 0.6) is 5.75 Å². The summed E-state index contributed by atoms with van der Waals surface area (Å²) in [6.45, 7) is 2.78. The minimum absolute atomic E-state index is 0.159. The lowest BCUT2D eigenvalue weighted by Gasteiger charge is -2.23. The van der Waals surface area contributed by atoms with Crippen molar-refractivity contribution >= 4 is 22.6 Å². The Hall–Kier alpha value is -3.22. The summed E-state index contributed by atoms with van der Waals surface area (Å²) in [5, 5.41) is 0.705. The van der Waals surface area contributed by atoms with Gasteiger partial charge in [-0.25, -0.2) is 14.4 Å². The summed E-state index contributed by atoms with van der Waals surface area (Å²) < 4.78 is 19.3. The van der Waals surface area contributed by atoms with Gasteiger partial charge in [-0.05, 0) is 42.7 Å². The van der Waals surface area contributed by atoms with Crippen LogP contribution in [0.2, 0.25) is 0 Å². The highest BCUT2D eigenvalue weighted by atomic mass is 19.1. The molecule has 156 valence electrons. The first kappa shape index (κ1) is 20.1. The van der Waals surface area contributed by atoms with E-state index in [1.165, 1.54) is 12.4 Å². The lowest BCUT2D eigenvalue weighted by molar-refractivity contribution is -0.130. The summed E-state index contributed by atoms with van der Waals surface area (Å²) >= 11 is 0. The van der Waals surface area contributed by atoms with Gasteiger partial charge in [0, 0.05) is 38.0 Å². The minimum atomic E-state index is -0.346. The molecule has 0 atom stereocenters. The number of hydrogen-bond donors (Lipinski definition) is 0. The Bertz CT molecular complexity index is 1030. The quantitative estimate of drug-likeness (QED) is 0.647. The van der Waals surface area contributed by atoms with Crippen molar-refractivity contribution in [1.82, 2.24) is 14.9 Å². The van der Waals surface area contributed by atoms with E-state index < -0.39 is 0 Å². The van der Waals surface area contributed by atoms with Crippen LogP contribution < -0.4 is 9.64 Å². The topological polar surface area (TPSA) is 58.6 Å². The van der Waals surface area contributed by atoms with E-state index >= 15 is 0 Å². The van der Waals surface area contributed by atoms with Crippen LogP contribution in [0.1, 0.15) is 18.4 Å². The van der Waals surface area contributed by atoms with Gasteiger partial charge in [0.05, 0.1) is 7.11 Å². The Labute approximate surface area is 175 Å². The highest BCUT2D eigenvalue weighted by Gasteiger charge is 2.21. The second kappa shape index (κ2) is 9.07. The molecule has 0 unspecified atom stereocenters. The number of benzene rings is 2. The zero-order chi connectivity index (χ0) is 20.9. The van der Waals surface area contributed by atoms with Crippen molar-refractivity contribution in [2.45, 2.75) is 19.3 Å². The van der Waals surface area contributed by atoms with Gasteiger partial charge < -0.3 is 14.5 Å². The molecule has 2 aromatic carbocycles. The van der Waals surface area contributed by atoms with Crippen LogP contribution >= 0.6 is 0 Å². The van der Waals surface area contributed by atoms with E-state index in [0.717, 1.165) is 36.6 Å². The lowest BCUT2D eigenvalue weighted by atomic mass is 10.1. The molecule has 3 aromatic rings. The zero-order valence-corrected chi connectivity index (χ0v) is 17.1. The number of aromatic nitrogens is 2. The highest BCUT2D eigenvalue weighted by molar-refractivity contribution is 5.89. The second-order valence-electron chi connectivity index (χ2n) is 7.40. The Balaban J connectivity index is 1.39. The van der Waals surface area contributed by atoms with Crippen molar-refractivity contribution in [3.63, 3.8) is 0 Å². The van der Waals surface area contributed by atoms with Gasteiger partial charge in [0.2, 0.25) is 5.91 Å². The third-order valence-corrected chi connectivity index (χ3v) is 5.53. The van der Waals surface area contributed by atoms with Gasteiger partial charge in [-0.1, -0.05) is 18.2 Å². The number of fused-ring (bicyclic) bond motifs is 1. The van der Waals surface area contributed by atoms with Crippen LogP contribution in [0, 0.1) is 5.82 Å². The summed E-state index contributed by atoms with van der Waals surface area (Å²) in [7, 11) is 1.64. The van der Waals surface area contributed by atoms with Gasteiger partial charge in [-0.2, -0.15) is 0 Å². The monoisotopic (exact) mass is 408 g/mol. The number of aryl methyl sites for hydroxylation is 1. The smallest absolute Gasteiger partial charge is 0.222 e. The molecule has 1 fully saturated rings. The molecule has 0 N–H and O–H groups in total. The summed E-state index contributed by atoms with van der Waals surface area (Å²) in [4.78, 5) is 25.3. The highest BCUT2D eigenvalue weighted by Crippen LogP contribution is 2.25. The van der Waals surface area contributed by atoms with E-state index in [1.807, 2.05) is 35.2 Å². The minimum Gasteiger partial charge on any atom is -0.497 e. The Kier molecular flexibility index (Phi) is 6.07. The molecule has 4 rings (SSSR count). The van der Waals surface area contributed by atoms with E-state index in [0.29, 0.717) is 36.8 Å². The molecule has 0 radical (unpaired) electrons. The molecule has 0 aliphatic carbocycles. The molecular formula is C23H25FN4O2. The van der Waals surface area contributed by atoms with Crippen LogP contribution in [-0.4, -0.2) is 54.1 Å². The molecular weight excluding hydrogens is 383 g/mol. The van der Waals surface area contributed by atoms with Gasteiger partial charge >= 0.3 is 0 Å². The van der Waals surface area contributed by atoms with Gasteiger partial charge in [-0.15, -0.1) is 0 Å². The van der Waals surface area contributed by atoms with E-state index in [2.05, 4.69) is 14.9 Å². The predicted molar refractivity (Wildman–Crippen MR) is 114 cm³/mol. The molecule has 1 saturated heterocycles. The Morgan fingerprint density at radius 3 is 2.70 bits per heavy atom. The number of carbonyl (C=O) groups excluding carboxylic acids is 1. The fourth-order valence-electron chi connectivity index (χ4n) is 3.87. The fourth-order valence-corrected chi connectivity index (χ4v) is 3.87. The standard InChI is InChI=1S/C23H25FN4O2/c1-30-18-9-6-17(7-10-18)8-11-21(29)27-12-3-13-28(15-14-27)23-19-4-2-5-20(24)22(19)25-16-26-23/h2,4-7,9-10,16H,3,8,11-15H2,1H3. The van der Waals surface area contributed by atoms with E-state index in [4.69, 9.17) is 4.74 Å². The average Bonchev–Trinajstić information content (AvgIpc) is 3.04. The third kappa shape index (κ3) is 4.35. The van der Waals surface area contributed by atoms with Crippen LogP contribution in [0.3, 0.4) is 0 Å². The summed E-state index contributed by atoms with van der Waals surface area (Å²) in [5.41, 5.74) is 1.45. The number of carbonyl (C=O) groups is 1. The maximum atomic E-state index is 14.1.